The molecule has 0 saturated heterocycles. The molecule has 1 heterocycles. The third kappa shape index (κ3) is 4.66. The predicted molar refractivity (Wildman–Crippen MR) is 110 cm³/mol. The highest BCUT2D eigenvalue weighted by Gasteiger charge is 2.46. The van der Waals surface area contributed by atoms with Crippen molar-refractivity contribution in [3.05, 3.63) is 62.1 Å². The molecule has 0 radical (unpaired) electrons. The van der Waals surface area contributed by atoms with Crippen LogP contribution in [0.4, 0.5) is 0 Å². The molecule has 2 aliphatic rings. The van der Waals surface area contributed by atoms with Gasteiger partial charge >= 0.3 is 5.63 Å². The zero-order valence-corrected chi connectivity index (χ0v) is 17.2. The van der Waals surface area contributed by atoms with Crippen molar-refractivity contribution in [1.29, 1.82) is 0 Å². The fourth-order valence-corrected chi connectivity index (χ4v) is 4.82. The monoisotopic (exact) mass is 430 g/mol. The van der Waals surface area contributed by atoms with E-state index in [0.29, 0.717) is 28.6 Å². The van der Waals surface area contributed by atoms with Crippen molar-refractivity contribution >= 4 is 15.9 Å². The first kappa shape index (κ1) is 18.8. The number of halogens is 1. The van der Waals surface area contributed by atoms with E-state index in [4.69, 9.17) is 4.42 Å². The van der Waals surface area contributed by atoms with Crippen LogP contribution in [0.25, 0.3) is 0 Å². The van der Waals surface area contributed by atoms with Gasteiger partial charge in [-0.15, -0.1) is 0 Å². The molecule has 2 aromatic rings. The summed E-state index contributed by atoms with van der Waals surface area (Å²) in [4.78, 5) is 12.4. The maximum Gasteiger partial charge on any atom is 0.342 e. The molecule has 2 saturated carbocycles. The van der Waals surface area contributed by atoms with E-state index < -0.39 is 0 Å². The predicted octanol–water partition coefficient (Wildman–Crippen LogP) is 5.65. The first-order valence-corrected chi connectivity index (χ1v) is 11.0. The first-order chi connectivity index (χ1) is 13.1. The Kier molecular flexibility index (Phi) is 5.72. The van der Waals surface area contributed by atoms with Gasteiger partial charge in [-0.2, -0.15) is 0 Å². The van der Waals surface area contributed by atoms with Crippen molar-refractivity contribution in [2.45, 2.75) is 57.8 Å². The van der Waals surface area contributed by atoms with E-state index >= 15 is 0 Å². The van der Waals surface area contributed by atoms with Gasteiger partial charge in [0.2, 0.25) is 0 Å². The lowest BCUT2D eigenvalue weighted by Crippen LogP contribution is -2.11. The van der Waals surface area contributed by atoms with Gasteiger partial charge in [0.15, 0.2) is 0 Å². The zero-order valence-electron chi connectivity index (χ0n) is 15.6. The Hall–Kier alpha value is -1.55. The van der Waals surface area contributed by atoms with Crippen LogP contribution in [0.3, 0.4) is 0 Å². The van der Waals surface area contributed by atoms with Gasteiger partial charge in [0.25, 0.3) is 0 Å². The van der Waals surface area contributed by atoms with Crippen LogP contribution in [0.1, 0.15) is 55.4 Å². The number of hydrogen-bond acceptors (Lipinski definition) is 3. The maximum absolute atomic E-state index is 12.4. The smallest absolute Gasteiger partial charge is 0.342 e. The van der Waals surface area contributed by atoms with Crippen LogP contribution in [0.15, 0.2) is 44.0 Å². The highest BCUT2D eigenvalue weighted by atomic mass is 79.9. The molecule has 0 amide bonds. The Morgan fingerprint density at radius 2 is 1.85 bits per heavy atom. The minimum atomic E-state index is -0.388. The van der Waals surface area contributed by atoms with Crippen molar-refractivity contribution < 1.29 is 9.52 Å². The highest BCUT2D eigenvalue weighted by Crippen LogP contribution is 2.56. The quantitative estimate of drug-likeness (QED) is 0.558. The lowest BCUT2D eigenvalue weighted by Gasteiger charge is -2.09. The van der Waals surface area contributed by atoms with E-state index in [9.17, 15) is 9.90 Å². The van der Waals surface area contributed by atoms with Gasteiger partial charge in [-0.25, -0.2) is 4.79 Å². The lowest BCUT2D eigenvalue weighted by atomic mass is 10.0. The second-order valence-electron chi connectivity index (χ2n) is 8.18. The van der Waals surface area contributed by atoms with Gasteiger partial charge in [-0.1, -0.05) is 30.3 Å². The Balaban J connectivity index is 1.32. The third-order valence-electron chi connectivity index (χ3n) is 6.12. The van der Waals surface area contributed by atoms with Crippen molar-refractivity contribution in [2.24, 2.45) is 17.8 Å². The maximum atomic E-state index is 12.4. The molecular formula is C23H27BrO3. The average Bonchev–Trinajstić information content (AvgIpc) is 3.56. The van der Waals surface area contributed by atoms with Crippen LogP contribution < -0.4 is 5.63 Å². The summed E-state index contributed by atoms with van der Waals surface area (Å²) in [5.74, 6) is 3.53. The van der Waals surface area contributed by atoms with Crippen molar-refractivity contribution in [3.8, 4) is 5.75 Å². The zero-order chi connectivity index (χ0) is 18.8. The van der Waals surface area contributed by atoms with Crippen LogP contribution in [0.2, 0.25) is 0 Å². The number of aromatic hydroxyl groups is 1. The van der Waals surface area contributed by atoms with Crippen molar-refractivity contribution in [2.75, 3.05) is 0 Å². The van der Waals surface area contributed by atoms with E-state index in [2.05, 4.69) is 28.1 Å². The molecule has 0 bridgehead atoms. The molecule has 4 heteroatoms. The summed E-state index contributed by atoms with van der Waals surface area (Å²) in [5.41, 5.74) is 1.24. The van der Waals surface area contributed by atoms with Gasteiger partial charge in [0.1, 0.15) is 11.5 Å². The second-order valence-corrected chi connectivity index (χ2v) is 8.98. The summed E-state index contributed by atoms with van der Waals surface area (Å²) < 4.78 is 6.11. The molecule has 2 unspecified atom stereocenters. The third-order valence-corrected chi connectivity index (χ3v) is 6.94. The van der Waals surface area contributed by atoms with Gasteiger partial charge in [-0.05, 0) is 90.6 Å². The summed E-state index contributed by atoms with van der Waals surface area (Å²) in [7, 11) is 0. The van der Waals surface area contributed by atoms with Gasteiger partial charge in [0, 0.05) is 6.42 Å². The Morgan fingerprint density at radius 3 is 2.59 bits per heavy atom. The molecule has 4 rings (SSSR count). The van der Waals surface area contributed by atoms with E-state index in [1.807, 2.05) is 18.2 Å². The van der Waals surface area contributed by atoms with Gasteiger partial charge in [0.05, 0.1) is 10.0 Å². The number of hydrogen-bond donors (Lipinski definition) is 1. The topological polar surface area (TPSA) is 50.4 Å². The molecule has 2 atom stereocenters. The number of rotatable bonds is 9. The van der Waals surface area contributed by atoms with E-state index in [1.165, 1.54) is 31.2 Å². The molecule has 1 aromatic heterocycles. The molecule has 1 aromatic carbocycles. The summed E-state index contributed by atoms with van der Waals surface area (Å²) >= 11 is 3.45. The van der Waals surface area contributed by atoms with E-state index in [-0.39, 0.29) is 11.4 Å². The van der Waals surface area contributed by atoms with Crippen molar-refractivity contribution in [1.82, 2.24) is 0 Å². The van der Waals surface area contributed by atoms with Crippen molar-refractivity contribution in [3.63, 3.8) is 0 Å². The number of benzene rings is 1. The summed E-state index contributed by atoms with van der Waals surface area (Å²) in [5, 5.41) is 10.5. The minimum absolute atomic E-state index is 0.0663. The standard InChI is InChI=1S/C23H27BrO3/c24-21-20(11-5-9-17-14-19(17)16-12-13-16)27-23(26)18(22(21)25)10-4-8-15-6-2-1-3-7-15/h1-3,6-7,16-17,19,25H,4-5,8-14H2. The second kappa shape index (κ2) is 8.22. The summed E-state index contributed by atoms with van der Waals surface area (Å²) in [6.45, 7) is 0. The number of aryl methyl sites for hydroxylation is 2. The first-order valence-electron chi connectivity index (χ1n) is 10.2. The van der Waals surface area contributed by atoms with Crippen LogP contribution >= 0.6 is 15.9 Å². The molecule has 0 aliphatic heterocycles. The van der Waals surface area contributed by atoms with Crippen LogP contribution in [-0.4, -0.2) is 5.11 Å². The van der Waals surface area contributed by atoms with Crippen LogP contribution in [0.5, 0.6) is 5.75 Å². The lowest BCUT2D eigenvalue weighted by molar-refractivity contribution is 0.399. The van der Waals surface area contributed by atoms with Crippen LogP contribution in [0, 0.1) is 17.8 Å². The fraction of sp³-hybridized carbons (Fsp3) is 0.522. The fourth-order valence-electron chi connectivity index (χ4n) is 4.30. The van der Waals surface area contributed by atoms with Gasteiger partial charge < -0.3 is 9.52 Å². The molecule has 2 fully saturated rings. The Morgan fingerprint density at radius 1 is 1.07 bits per heavy atom. The highest BCUT2D eigenvalue weighted by molar-refractivity contribution is 9.10. The molecule has 3 nitrogen and oxygen atoms in total. The Bertz CT molecular complexity index is 839. The molecule has 27 heavy (non-hydrogen) atoms. The summed E-state index contributed by atoms with van der Waals surface area (Å²) in [6, 6.07) is 10.2. The van der Waals surface area contributed by atoms with E-state index in [0.717, 1.165) is 37.0 Å². The Labute approximate surface area is 168 Å². The summed E-state index contributed by atoms with van der Waals surface area (Å²) in [6.07, 6.45) is 9.39. The van der Waals surface area contributed by atoms with Gasteiger partial charge in [-0.3, -0.25) is 0 Å². The van der Waals surface area contributed by atoms with Crippen LogP contribution in [-0.2, 0) is 19.3 Å². The largest absolute Gasteiger partial charge is 0.506 e. The molecule has 0 spiro atoms. The molecular weight excluding hydrogens is 404 g/mol. The SMILES string of the molecule is O=c1oc(CCCC2CC2C2CC2)c(Br)c(O)c1CCCc1ccccc1. The molecule has 2 aliphatic carbocycles. The van der Waals surface area contributed by atoms with E-state index in [1.54, 1.807) is 0 Å². The molecule has 1 N–H and O–H groups in total. The average molecular weight is 431 g/mol. The normalized spacial score (nSPS) is 21.4. The minimum Gasteiger partial charge on any atom is -0.506 e. The molecule has 144 valence electrons.